The van der Waals surface area contributed by atoms with Crippen molar-refractivity contribution in [1.82, 2.24) is 20.1 Å². The van der Waals surface area contributed by atoms with Crippen LogP contribution in [0.15, 0.2) is 59.8 Å². The molecule has 140 valence electrons. The van der Waals surface area contributed by atoms with Crippen LogP contribution in [-0.4, -0.2) is 20.7 Å². The first-order valence-electron chi connectivity index (χ1n) is 9.05. The van der Waals surface area contributed by atoms with Gasteiger partial charge in [0.25, 0.3) is 5.91 Å². The maximum Gasteiger partial charge on any atom is 0.251 e. The highest BCUT2D eigenvalue weighted by Crippen LogP contribution is 2.24. The third-order valence-electron chi connectivity index (χ3n) is 4.28. The summed E-state index contributed by atoms with van der Waals surface area (Å²) in [6.07, 6.45) is 0. The van der Waals surface area contributed by atoms with Crippen molar-refractivity contribution in [2.45, 2.75) is 44.3 Å². The summed E-state index contributed by atoms with van der Waals surface area (Å²) in [7, 11) is 0. The Morgan fingerprint density at radius 3 is 2.63 bits per heavy atom. The zero-order valence-corrected chi connectivity index (χ0v) is 16.7. The monoisotopic (exact) mass is 380 g/mol. The molecule has 27 heavy (non-hydrogen) atoms. The minimum Gasteiger partial charge on any atom is -0.342 e. The molecule has 3 rings (SSSR count). The Morgan fingerprint density at radius 2 is 1.93 bits per heavy atom. The maximum absolute atomic E-state index is 12.4. The average molecular weight is 381 g/mol. The van der Waals surface area contributed by atoms with Crippen molar-refractivity contribution in [3.8, 4) is 0 Å². The number of carbonyl (C=O) groups excluding carboxylic acids is 1. The summed E-state index contributed by atoms with van der Waals surface area (Å²) in [5.74, 6) is 1.50. The van der Waals surface area contributed by atoms with E-state index in [1.165, 1.54) is 11.1 Å². The van der Waals surface area contributed by atoms with Crippen LogP contribution in [0.5, 0.6) is 0 Å². The molecule has 2 aromatic carbocycles. The van der Waals surface area contributed by atoms with E-state index in [0.717, 1.165) is 23.3 Å². The first-order valence-corrected chi connectivity index (χ1v) is 10.0. The molecule has 0 spiro atoms. The van der Waals surface area contributed by atoms with Crippen LogP contribution in [-0.2, 0) is 12.3 Å². The Balaban J connectivity index is 1.70. The number of rotatable bonds is 7. The molecule has 1 atom stereocenters. The lowest BCUT2D eigenvalue weighted by Gasteiger charge is -2.15. The van der Waals surface area contributed by atoms with E-state index in [2.05, 4.69) is 58.2 Å². The second-order valence-corrected chi connectivity index (χ2v) is 7.37. The lowest BCUT2D eigenvalue weighted by atomic mass is 10.2. The van der Waals surface area contributed by atoms with Crippen molar-refractivity contribution >= 4 is 17.7 Å². The molecule has 0 unspecified atom stereocenters. The van der Waals surface area contributed by atoms with E-state index in [0.29, 0.717) is 5.56 Å². The SMILES string of the molecule is CCn1c(SCc2cccc(C)c2)nnc1[C@H](C)NC(=O)c1ccccc1. The van der Waals surface area contributed by atoms with Crippen LogP contribution in [0.25, 0.3) is 0 Å². The molecule has 3 aromatic rings. The second kappa shape index (κ2) is 8.86. The van der Waals surface area contributed by atoms with Gasteiger partial charge in [0, 0.05) is 17.9 Å². The molecule has 0 aliphatic heterocycles. The fourth-order valence-electron chi connectivity index (χ4n) is 2.91. The molecule has 0 aliphatic rings. The largest absolute Gasteiger partial charge is 0.342 e. The number of thioether (sulfide) groups is 1. The summed E-state index contributed by atoms with van der Waals surface area (Å²) >= 11 is 1.66. The normalized spacial score (nSPS) is 12.0. The van der Waals surface area contributed by atoms with E-state index in [1.54, 1.807) is 23.9 Å². The average Bonchev–Trinajstić information content (AvgIpc) is 3.10. The van der Waals surface area contributed by atoms with Gasteiger partial charge in [-0.15, -0.1) is 10.2 Å². The Bertz CT molecular complexity index is 908. The number of benzene rings is 2. The molecule has 1 N–H and O–H groups in total. The molecule has 5 nitrogen and oxygen atoms in total. The van der Waals surface area contributed by atoms with Crippen LogP contribution in [0, 0.1) is 6.92 Å². The van der Waals surface area contributed by atoms with E-state index < -0.39 is 0 Å². The van der Waals surface area contributed by atoms with Gasteiger partial charge in [0.1, 0.15) is 0 Å². The molecule has 1 amide bonds. The highest BCUT2D eigenvalue weighted by atomic mass is 32.2. The lowest BCUT2D eigenvalue weighted by molar-refractivity contribution is 0.0937. The zero-order valence-electron chi connectivity index (χ0n) is 15.8. The van der Waals surface area contributed by atoms with Crippen molar-refractivity contribution in [2.75, 3.05) is 0 Å². The quantitative estimate of drug-likeness (QED) is 0.618. The molecular weight excluding hydrogens is 356 g/mol. The summed E-state index contributed by atoms with van der Waals surface area (Å²) in [6.45, 7) is 6.85. The lowest BCUT2D eigenvalue weighted by Crippen LogP contribution is -2.28. The molecule has 6 heteroatoms. The van der Waals surface area contributed by atoms with Gasteiger partial charge < -0.3 is 9.88 Å². The Morgan fingerprint density at radius 1 is 1.15 bits per heavy atom. The summed E-state index contributed by atoms with van der Waals surface area (Å²) in [5, 5.41) is 12.6. The molecule has 0 saturated carbocycles. The highest BCUT2D eigenvalue weighted by molar-refractivity contribution is 7.98. The van der Waals surface area contributed by atoms with Crippen LogP contribution < -0.4 is 5.32 Å². The molecule has 0 bridgehead atoms. The number of aromatic nitrogens is 3. The van der Waals surface area contributed by atoms with E-state index >= 15 is 0 Å². The van der Waals surface area contributed by atoms with Crippen LogP contribution in [0.3, 0.4) is 0 Å². The third-order valence-corrected chi connectivity index (χ3v) is 5.32. The number of hydrogen-bond donors (Lipinski definition) is 1. The van der Waals surface area contributed by atoms with Crippen molar-refractivity contribution < 1.29 is 4.79 Å². The number of amides is 1. The van der Waals surface area contributed by atoms with Crippen molar-refractivity contribution in [1.29, 1.82) is 0 Å². The number of carbonyl (C=O) groups is 1. The number of hydrogen-bond acceptors (Lipinski definition) is 4. The number of nitrogens with zero attached hydrogens (tertiary/aromatic N) is 3. The molecule has 0 saturated heterocycles. The highest BCUT2D eigenvalue weighted by Gasteiger charge is 2.19. The van der Waals surface area contributed by atoms with Gasteiger partial charge in [-0.3, -0.25) is 4.79 Å². The van der Waals surface area contributed by atoms with Crippen molar-refractivity contribution in [3.63, 3.8) is 0 Å². The minimum absolute atomic E-state index is 0.109. The number of aryl methyl sites for hydroxylation is 1. The molecular formula is C21H24N4OS. The van der Waals surface area contributed by atoms with Crippen molar-refractivity contribution in [3.05, 3.63) is 77.1 Å². The molecule has 1 aromatic heterocycles. The Kier molecular flexibility index (Phi) is 6.29. The van der Waals surface area contributed by atoms with E-state index in [-0.39, 0.29) is 11.9 Å². The van der Waals surface area contributed by atoms with Gasteiger partial charge in [-0.2, -0.15) is 0 Å². The summed E-state index contributed by atoms with van der Waals surface area (Å²) in [4.78, 5) is 12.4. The van der Waals surface area contributed by atoms with Crippen LogP contribution in [0.2, 0.25) is 0 Å². The first kappa shape index (κ1) is 19.2. The van der Waals surface area contributed by atoms with Gasteiger partial charge in [0.05, 0.1) is 6.04 Å². The summed E-state index contributed by atoms with van der Waals surface area (Å²) in [5.41, 5.74) is 3.15. The molecule has 1 heterocycles. The van der Waals surface area contributed by atoms with E-state index in [4.69, 9.17) is 0 Å². The van der Waals surface area contributed by atoms with Gasteiger partial charge in [0.15, 0.2) is 11.0 Å². The van der Waals surface area contributed by atoms with Crippen LogP contribution in [0.4, 0.5) is 0 Å². The van der Waals surface area contributed by atoms with Crippen LogP contribution >= 0.6 is 11.8 Å². The van der Waals surface area contributed by atoms with E-state index in [1.807, 2.05) is 25.1 Å². The Labute approximate surface area is 164 Å². The van der Waals surface area contributed by atoms with Gasteiger partial charge in [-0.1, -0.05) is 59.8 Å². The maximum atomic E-state index is 12.4. The molecule has 0 fully saturated rings. The summed E-state index contributed by atoms with van der Waals surface area (Å²) in [6, 6.07) is 17.5. The smallest absolute Gasteiger partial charge is 0.251 e. The summed E-state index contributed by atoms with van der Waals surface area (Å²) < 4.78 is 2.07. The zero-order chi connectivity index (χ0) is 19.2. The molecule has 0 radical (unpaired) electrons. The Hall–Kier alpha value is -2.60. The number of nitrogens with one attached hydrogen (secondary N) is 1. The first-order chi connectivity index (χ1) is 13.1. The molecule has 0 aliphatic carbocycles. The fraction of sp³-hybridized carbons (Fsp3) is 0.286. The van der Waals surface area contributed by atoms with E-state index in [9.17, 15) is 4.79 Å². The van der Waals surface area contributed by atoms with Gasteiger partial charge in [0.2, 0.25) is 0 Å². The fourth-order valence-corrected chi connectivity index (χ4v) is 3.86. The van der Waals surface area contributed by atoms with Crippen molar-refractivity contribution in [2.24, 2.45) is 0 Å². The van der Waals surface area contributed by atoms with Gasteiger partial charge >= 0.3 is 0 Å². The standard InChI is InChI=1S/C21H24N4OS/c1-4-25-19(16(3)22-20(26)18-11-6-5-7-12-18)23-24-21(25)27-14-17-10-8-9-15(2)13-17/h5-13,16H,4,14H2,1-3H3,(H,22,26)/t16-/m0/s1. The van der Waals surface area contributed by atoms with Gasteiger partial charge in [-0.05, 0) is 38.5 Å². The predicted molar refractivity (Wildman–Crippen MR) is 109 cm³/mol. The third kappa shape index (κ3) is 4.77. The van der Waals surface area contributed by atoms with Crippen LogP contribution in [0.1, 0.15) is 47.2 Å². The second-order valence-electron chi connectivity index (χ2n) is 6.42. The van der Waals surface area contributed by atoms with Gasteiger partial charge in [-0.25, -0.2) is 0 Å². The topological polar surface area (TPSA) is 59.8 Å². The minimum atomic E-state index is -0.224. The predicted octanol–water partition coefficient (Wildman–Crippen LogP) is 4.39.